The van der Waals surface area contributed by atoms with Gasteiger partial charge in [-0.3, -0.25) is 0 Å². The van der Waals surface area contributed by atoms with Crippen LogP contribution >= 0.6 is 22.9 Å². The molecule has 1 aromatic heterocycles. The summed E-state index contributed by atoms with van der Waals surface area (Å²) in [5, 5.41) is 3.43. The second-order valence-electron chi connectivity index (χ2n) is 5.80. The van der Waals surface area contributed by atoms with Crippen LogP contribution in [0.15, 0.2) is 52.7 Å². The number of hydrogen-bond acceptors (Lipinski definition) is 5. The average Bonchev–Trinajstić information content (AvgIpc) is 3.08. The molecule has 0 atom stereocenters. The lowest BCUT2D eigenvalue weighted by atomic mass is 10.2. The highest BCUT2D eigenvalue weighted by molar-refractivity contribution is 7.89. The summed E-state index contributed by atoms with van der Waals surface area (Å²) in [6.45, 7) is 4.25. The van der Waals surface area contributed by atoms with Crippen molar-refractivity contribution in [1.29, 1.82) is 0 Å². The monoisotopic (exact) mass is 422 g/mol. The zero-order valence-electron chi connectivity index (χ0n) is 14.9. The Bertz CT molecular complexity index is 1030. The zero-order chi connectivity index (χ0) is 19.4. The molecule has 0 saturated heterocycles. The number of ether oxygens (including phenoxy) is 1. The summed E-state index contributed by atoms with van der Waals surface area (Å²) < 4.78 is 34.0. The van der Waals surface area contributed by atoms with Gasteiger partial charge in [0.15, 0.2) is 0 Å². The van der Waals surface area contributed by atoms with Crippen LogP contribution in [0.25, 0.3) is 11.3 Å². The third-order valence-electron chi connectivity index (χ3n) is 3.83. The van der Waals surface area contributed by atoms with Crippen LogP contribution in [-0.2, 0) is 16.6 Å². The third-order valence-corrected chi connectivity index (χ3v) is 6.28. The summed E-state index contributed by atoms with van der Waals surface area (Å²) in [7, 11) is -3.78. The lowest BCUT2D eigenvalue weighted by Crippen LogP contribution is -2.24. The first kappa shape index (κ1) is 19.8. The van der Waals surface area contributed by atoms with E-state index in [4.69, 9.17) is 16.3 Å². The first-order valence-electron chi connectivity index (χ1n) is 8.32. The van der Waals surface area contributed by atoms with Gasteiger partial charge in [-0.05, 0) is 49.7 Å². The van der Waals surface area contributed by atoms with E-state index in [1.165, 1.54) is 11.3 Å². The van der Waals surface area contributed by atoms with Crippen molar-refractivity contribution in [2.24, 2.45) is 0 Å². The largest absolute Gasteiger partial charge is 0.492 e. The van der Waals surface area contributed by atoms with Crippen LogP contribution in [0.2, 0.25) is 5.02 Å². The highest BCUT2D eigenvalue weighted by atomic mass is 35.5. The molecule has 5 nitrogen and oxygen atoms in total. The van der Waals surface area contributed by atoms with Crippen LogP contribution in [0.5, 0.6) is 5.75 Å². The number of sulfonamides is 1. The van der Waals surface area contributed by atoms with Crippen LogP contribution in [-0.4, -0.2) is 20.0 Å². The van der Waals surface area contributed by atoms with Gasteiger partial charge in [0.25, 0.3) is 0 Å². The fraction of sp³-hybridized carbons (Fsp3) is 0.211. The van der Waals surface area contributed by atoms with Gasteiger partial charge >= 0.3 is 0 Å². The summed E-state index contributed by atoms with van der Waals surface area (Å²) in [6.07, 6.45) is 0. The Hall–Kier alpha value is -1.93. The van der Waals surface area contributed by atoms with Crippen molar-refractivity contribution in [3.63, 3.8) is 0 Å². The molecule has 3 rings (SSSR count). The van der Waals surface area contributed by atoms with Gasteiger partial charge in [0.1, 0.15) is 10.6 Å². The van der Waals surface area contributed by atoms with Gasteiger partial charge in [-0.2, -0.15) is 0 Å². The molecule has 2 aromatic carbocycles. The number of halogens is 1. The first-order valence-corrected chi connectivity index (χ1v) is 11.1. The lowest BCUT2D eigenvalue weighted by molar-refractivity contribution is 0.331. The highest BCUT2D eigenvalue weighted by Gasteiger charge is 2.21. The molecule has 0 aliphatic heterocycles. The Labute approximate surface area is 168 Å². The number of aryl methyl sites for hydroxylation is 1. The number of nitrogens with zero attached hydrogens (tertiary/aromatic N) is 1. The Balaban J connectivity index is 1.92. The van der Waals surface area contributed by atoms with Crippen molar-refractivity contribution >= 4 is 33.0 Å². The third kappa shape index (κ3) is 4.87. The van der Waals surface area contributed by atoms with E-state index < -0.39 is 10.0 Å². The zero-order valence-corrected chi connectivity index (χ0v) is 17.3. The van der Waals surface area contributed by atoms with Crippen molar-refractivity contribution in [2.45, 2.75) is 25.3 Å². The van der Waals surface area contributed by atoms with E-state index in [-0.39, 0.29) is 11.4 Å². The van der Waals surface area contributed by atoms with Crippen LogP contribution in [0.3, 0.4) is 0 Å². The van der Waals surface area contributed by atoms with E-state index in [2.05, 4.69) is 9.71 Å². The fourth-order valence-electron chi connectivity index (χ4n) is 2.51. The molecule has 1 heterocycles. The Kier molecular flexibility index (Phi) is 6.16. The van der Waals surface area contributed by atoms with Crippen LogP contribution < -0.4 is 9.46 Å². The topological polar surface area (TPSA) is 68.3 Å². The van der Waals surface area contributed by atoms with Crippen LogP contribution in [0.1, 0.15) is 17.5 Å². The fourth-order valence-corrected chi connectivity index (χ4v) is 4.44. The summed E-state index contributed by atoms with van der Waals surface area (Å²) in [5.41, 5.74) is 2.29. The number of hydrogen-bond donors (Lipinski definition) is 1. The molecule has 0 saturated carbocycles. The number of thiazole rings is 1. The van der Waals surface area contributed by atoms with Crippen molar-refractivity contribution in [3.8, 4) is 17.0 Å². The van der Waals surface area contributed by atoms with Crippen molar-refractivity contribution < 1.29 is 13.2 Å². The normalized spacial score (nSPS) is 11.5. The van der Waals surface area contributed by atoms with Crippen LogP contribution in [0, 0.1) is 6.92 Å². The minimum atomic E-state index is -3.78. The molecule has 0 fully saturated rings. The molecular formula is C19H19ClN2O3S2. The summed E-state index contributed by atoms with van der Waals surface area (Å²) in [6, 6.07) is 12.1. The molecule has 27 heavy (non-hydrogen) atoms. The molecule has 0 bridgehead atoms. The Morgan fingerprint density at radius 3 is 2.56 bits per heavy atom. The second kappa shape index (κ2) is 8.39. The average molecular weight is 423 g/mol. The maximum atomic E-state index is 12.9. The number of benzene rings is 2. The summed E-state index contributed by atoms with van der Waals surface area (Å²) in [4.78, 5) is 4.53. The minimum Gasteiger partial charge on any atom is -0.492 e. The molecule has 8 heteroatoms. The molecule has 142 valence electrons. The molecule has 0 aliphatic carbocycles. The van der Waals surface area contributed by atoms with E-state index >= 15 is 0 Å². The summed E-state index contributed by atoms with van der Waals surface area (Å²) in [5.74, 6) is 0.316. The van der Waals surface area contributed by atoms with Gasteiger partial charge in [0.05, 0.1) is 17.3 Å². The van der Waals surface area contributed by atoms with E-state index in [1.54, 1.807) is 36.4 Å². The smallest absolute Gasteiger partial charge is 0.244 e. The molecule has 0 unspecified atom stereocenters. The van der Waals surface area contributed by atoms with Gasteiger partial charge in [0, 0.05) is 22.5 Å². The quantitative estimate of drug-likeness (QED) is 0.601. The SMILES string of the molecule is CCOc1ccc(-c2csc(C)n2)cc1S(=O)(=O)NCc1ccc(Cl)cc1. The lowest BCUT2D eigenvalue weighted by Gasteiger charge is -2.13. The second-order valence-corrected chi connectivity index (χ2v) is 9.03. The molecule has 0 radical (unpaired) electrons. The highest BCUT2D eigenvalue weighted by Crippen LogP contribution is 2.30. The predicted molar refractivity (Wildman–Crippen MR) is 109 cm³/mol. The van der Waals surface area contributed by atoms with E-state index in [1.807, 2.05) is 25.3 Å². The predicted octanol–water partition coefficient (Wildman–Crippen LogP) is 4.65. The maximum Gasteiger partial charge on any atom is 0.244 e. The van der Waals surface area contributed by atoms with Crippen molar-refractivity contribution in [1.82, 2.24) is 9.71 Å². The molecular weight excluding hydrogens is 404 g/mol. The number of rotatable bonds is 7. The van der Waals surface area contributed by atoms with Gasteiger partial charge in [-0.15, -0.1) is 11.3 Å². The van der Waals surface area contributed by atoms with Gasteiger partial charge in [-0.1, -0.05) is 23.7 Å². The Morgan fingerprint density at radius 1 is 1.19 bits per heavy atom. The minimum absolute atomic E-state index is 0.0986. The molecule has 0 amide bonds. The maximum absolute atomic E-state index is 12.9. The van der Waals surface area contributed by atoms with E-state index in [0.717, 1.165) is 21.8 Å². The molecule has 0 aliphatic rings. The number of nitrogens with one attached hydrogen (secondary N) is 1. The first-order chi connectivity index (χ1) is 12.9. The standard InChI is InChI=1S/C19H19ClN2O3S2/c1-3-25-18-9-6-15(17-12-26-13(2)22-17)10-19(18)27(23,24)21-11-14-4-7-16(20)8-5-14/h4-10,12,21H,3,11H2,1-2H3. The van der Waals surface area contributed by atoms with Gasteiger partial charge in [-0.25, -0.2) is 18.1 Å². The van der Waals surface area contributed by atoms with Gasteiger partial charge in [0.2, 0.25) is 10.0 Å². The van der Waals surface area contributed by atoms with Crippen molar-refractivity contribution in [3.05, 3.63) is 63.4 Å². The van der Waals surface area contributed by atoms with Crippen molar-refractivity contribution in [2.75, 3.05) is 6.61 Å². The van der Waals surface area contributed by atoms with Gasteiger partial charge < -0.3 is 4.74 Å². The van der Waals surface area contributed by atoms with E-state index in [9.17, 15) is 8.42 Å². The molecule has 0 spiro atoms. The summed E-state index contributed by atoms with van der Waals surface area (Å²) >= 11 is 7.39. The number of aromatic nitrogens is 1. The molecule has 1 N–H and O–H groups in total. The molecule has 3 aromatic rings. The Morgan fingerprint density at radius 2 is 1.93 bits per heavy atom. The van der Waals surface area contributed by atoms with E-state index in [0.29, 0.717) is 17.4 Å². The van der Waals surface area contributed by atoms with Crippen LogP contribution in [0.4, 0.5) is 0 Å².